The van der Waals surface area contributed by atoms with Crippen LogP contribution in [0.1, 0.15) is 17.1 Å². The number of hydrogen-bond donors (Lipinski definition) is 1. The van der Waals surface area contributed by atoms with Gasteiger partial charge in [0.1, 0.15) is 0 Å². The van der Waals surface area contributed by atoms with Gasteiger partial charge in [0.15, 0.2) is 11.5 Å². The third kappa shape index (κ3) is 3.86. The van der Waals surface area contributed by atoms with Gasteiger partial charge in [-0.1, -0.05) is 12.1 Å². The van der Waals surface area contributed by atoms with Gasteiger partial charge in [0.2, 0.25) is 0 Å². The van der Waals surface area contributed by atoms with E-state index in [1.54, 1.807) is 11.3 Å². The highest BCUT2D eigenvalue weighted by atomic mass is 32.1. The summed E-state index contributed by atoms with van der Waals surface area (Å²) in [6, 6.07) is 9.98. The summed E-state index contributed by atoms with van der Waals surface area (Å²) in [6.07, 6.45) is 2.90. The van der Waals surface area contributed by atoms with E-state index in [1.807, 2.05) is 33.7 Å². The molecule has 0 saturated carbocycles. The molecule has 1 fully saturated rings. The highest BCUT2D eigenvalue weighted by Gasteiger charge is 2.19. The van der Waals surface area contributed by atoms with Crippen LogP contribution in [0.2, 0.25) is 0 Å². The summed E-state index contributed by atoms with van der Waals surface area (Å²) in [5.74, 6) is 0.739. The van der Waals surface area contributed by atoms with Gasteiger partial charge in [-0.2, -0.15) is 0 Å². The maximum absolute atomic E-state index is 12.5. The molecule has 8 heteroatoms. The zero-order valence-electron chi connectivity index (χ0n) is 14.5. The molecule has 1 aliphatic rings. The summed E-state index contributed by atoms with van der Waals surface area (Å²) >= 11 is 1.79. The third-order valence-corrected chi connectivity index (χ3v) is 5.48. The van der Waals surface area contributed by atoms with Crippen molar-refractivity contribution in [3.63, 3.8) is 0 Å². The Labute approximate surface area is 156 Å². The molecule has 0 aliphatic carbocycles. The van der Waals surface area contributed by atoms with Gasteiger partial charge < -0.3 is 10.2 Å². The SMILES string of the molecule is O=C(NCc1nnc2ccccn12)N1CCCN(Cc2cccs2)CC1. The lowest BCUT2D eigenvalue weighted by molar-refractivity contribution is 0.197. The molecule has 26 heavy (non-hydrogen) atoms. The number of fused-ring (bicyclic) bond motifs is 1. The molecule has 0 aromatic carbocycles. The molecule has 2 amide bonds. The molecular weight excluding hydrogens is 348 g/mol. The van der Waals surface area contributed by atoms with Crippen molar-refractivity contribution in [3.05, 3.63) is 52.6 Å². The van der Waals surface area contributed by atoms with Gasteiger partial charge >= 0.3 is 6.03 Å². The number of carbonyl (C=O) groups excluding carboxylic acids is 1. The van der Waals surface area contributed by atoms with Crippen LogP contribution in [0, 0.1) is 0 Å². The summed E-state index contributed by atoms with van der Waals surface area (Å²) < 4.78 is 1.89. The molecule has 7 nitrogen and oxygen atoms in total. The lowest BCUT2D eigenvalue weighted by Crippen LogP contribution is -2.41. The highest BCUT2D eigenvalue weighted by Crippen LogP contribution is 2.14. The molecule has 4 rings (SSSR count). The van der Waals surface area contributed by atoms with E-state index in [0.29, 0.717) is 6.54 Å². The van der Waals surface area contributed by atoms with Crippen LogP contribution in [0.5, 0.6) is 0 Å². The van der Waals surface area contributed by atoms with Crippen LogP contribution in [0.4, 0.5) is 4.79 Å². The van der Waals surface area contributed by atoms with Crippen molar-refractivity contribution in [1.82, 2.24) is 29.7 Å². The van der Waals surface area contributed by atoms with Crippen molar-refractivity contribution >= 4 is 23.0 Å². The van der Waals surface area contributed by atoms with Gasteiger partial charge in [-0.3, -0.25) is 9.30 Å². The highest BCUT2D eigenvalue weighted by molar-refractivity contribution is 7.09. The van der Waals surface area contributed by atoms with E-state index in [4.69, 9.17) is 0 Å². The largest absolute Gasteiger partial charge is 0.331 e. The van der Waals surface area contributed by atoms with Crippen LogP contribution in [0.3, 0.4) is 0 Å². The Morgan fingerprint density at radius 3 is 2.96 bits per heavy atom. The molecule has 136 valence electrons. The standard InChI is InChI=1S/C18H22N6OS/c25-18(19-13-17-21-20-16-6-1-2-9-24(16)17)23-8-4-7-22(10-11-23)14-15-5-3-12-26-15/h1-3,5-6,9,12H,4,7-8,10-11,13-14H2,(H,19,25). The third-order valence-electron chi connectivity index (χ3n) is 4.62. The fourth-order valence-electron chi connectivity index (χ4n) is 3.23. The van der Waals surface area contributed by atoms with Gasteiger partial charge in [-0.25, -0.2) is 4.79 Å². The van der Waals surface area contributed by atoms with Crippen LogP contribution < -0.4 is 5.32 Å². The van der Waals surface area contributed by atoms with Crippen LogP contribution in [-0.2, 0) is 13.1 Å². The quantitative estimate of drug-likeness (QED) is 0.765. The molecule has 1 aliphatic heterocycles. The number of pyridine rings is 1. The van der Waals surface area contributed by atoms with Crippen molar-refractivity contribution in [2.24, 2.45) is 0 Å². The van der Waals surface area contributed by atoms with Gasteiger partial charge in [0.05, 0.1) is 6.54 Å². The van der Waals surface area contributed by atoms with E-state index in [1.165, 1.54) is 4.88 Å². The van der Waals surface area contributed by atoms with E-state index in [-0.39, 0.29) is 6.03 Å². The van der Waals surface area contributed by atoms with Crippen LogP contribution in [-0.4, -0.2) is 56.6 Å². The van der Waals surface area contributed by atoms with Crippen LogP contribution in [0.15, 0.2) is 41.9 Å². The zero-order chi connectivity index (χ0) is 17.8. The predicted octanol–water partition coefficient (Wildman–Crippen LogP) is 2.21. The average Bonchev–Trinajstić information content (AvgIpc) is 3.25. The van der Waals surface area contributed by atoms with Crippen LogP contribution in [0.25, 0.3) is 5.65 Å². The Kier molecular flexibility index (Phi) is 5.12. The van der Waals surface area contributed by atoms with Crippen molar-refractivity contribution in [2.45, 2.75) is 19.5 Å². The van der Waals surface area contributed by atoms with E-state index < -0.39 is 0 Å². The van der Waals surface area contributed by atoms with Crippen molar-refractivity contribution < 1.29 is 4.79 Å². The molecule has 0 atom stereocenters. The Morgan fingerprint density at radius 1 is 1.12 bits per heavy atom. The summed E-state index contributed by atoms with van der Waals surface area (Å²) in [5.41, 5.74) is 0.788. The number of urea groups is 1. The number of hydrogen-bond acceptors (Lipinski definition) is 5. The number of nitrogens with zero attached hydrogens (tertiary/aromatic N) is 5. The van der Waals surface area contributed by atoms with Gasteiger partial charge in [-0.15, -0.1) is 21.5 Å². The lowest BCUT2D eigenvalue weighted by Gasteiger charge is -2.22. The molecule has 0 spiro atoms. The molecule has 1 N–H and O–H groups in total. The number of carbonyl (C=O) groups is 1. The fourth-order valence-corrected chi connectivity index (χ4v) is 3.98. The second-order valence-electron chi connectivity index (χ2n) is 6.40. The monoisotopic (exact) mass is 370 g/mol. The van der Waals surface area contributed by atoms with E-state index in [0.717, 1.165) is 50.6 Å². The molecule has 0 unspecified atom stereocenters. The minimum atomic E-state index is -0.0318. The van der Waals surface area contributed by atoms with E-state index >= 15 is 0 Å². The maximum Gasteiger partial charge on any atom is 0.317 e. The smallest absolute Gasteiger partial charge is 0.317 e. The first-order valence-electron chi connectivity index (χ1n) is 8.86. The van der Waals surface area contributed by atoms with Crippen molar-refractivity contribution in [1.29, 1.82) is 0 Å². The summed E-state index contributed by atoms with van der Waals surface area (Å²) in [7, 11) is 0. The van der Waals surface area contributed by atoms with E-state index in [9.17, 15) is 4.79 Å². The summed E-state index contributed by atoms with van der Waals surface area (Å²) in [5, 5.41) is 13.4. The second kappa shape index (κ2) is 7.84. The number of amides is 2. The molecule has 1 saturated heterocycles. The average molecular weight is 370 g/mol. The Bertz CT molecular complexity index is 862. The van der Waals surface area contributed by atoms with Crippen molar-refractivity contribution in [2.75, 3.05) is 26.2 Å². The first-order chi connectivity index (χ1) is 12.8. The Hall–Kier alpha value is -2.45. The number of aromatic nitrogens is 3. The first-order valence-corrected chi connectivity index (χ1v) is 9.74. The summed E-state index contributed by atoms with van der Waals surface area (Å²) in [4.78, 5) is 18.2. The van der Waals surface area contributed by atoms with E-state index in [2.05, 4.69) is 37.9 Å². The predicted molar refractivity (Wildman–Crippen MR) is 101 cm³/mol. The summed E-state index contributed by atoms with van der Waals surface area (Å²) in [6.45, 7) is 4.80. The van der Waals surface area contributed by atoms with Crippen LogP contribution >= 0.6 is 11.3 Å². The molecule has 0 radical (unpaired) electrons. The Balaban J connectivity index is 1.30. The maximum atomic E-state index is 12.5. The molecule has 4 heterocycles. The second-order valence-corrected chi connectivity index (χ2v) is 7.43. The normalized spacial score (nSPS) is 15.9. The zero-order valence-corrected chi connectivity index (χ0v) is 15.4. The molecule has 3 aromatic rings. The van der Waals surface area contributed by atoms with Gasteiger partial charge in [-0.05, 0) is 30.0 Å². The fraction of sp³-hybridized carbons (Fsp3) is 0.389. The minimum absolute atomic E-state index is 0.0318. The molecular formula is C18H22N6OS. The number of thiophene rings is 1. The van der Waals surface area contributed by atoms with Gasteiger partial charge in [0, 0.05) is 43.8 Å². The number of nitrogens with one attached hydrogen (secondary N) is 1. The topological polar surface area (TPSA) is 65.8 Å². The molecule has 0 bridgehead atoms. The lowest BCUT2D eigenvalue weighted by atomic mass is 10.3. The van der Waals surface area contributed by atoms with Crippen molar-refractivity contribution in [3.8, 4) is 0 Å². The Morgan fingerprint density at radius 2 is 2.08 bits per heavy atom. The molecule has 3 aromatic heterocycles. The van der Waals surface area contributed by atoms with Gasteiger partial charge in [0.25, 0.3) is 0 Å². The minimum Gasteiger partial charge on any atom is -0.331 e. The first kappa shape index (κ1) is 17.0. The number of rotatable bonds is 4.